The Morgan fingerprint density at radius 1 is 0.237 bits per heavy atom. The number of allylic oxidation sites excluding steroid dienone is 2. The lowest BCUT2D eigenvalue weighted by atomic mass is 10.0. The van der Waals surface area contributed by atoms with Crippen molar-refractivity contribution >= 4 is 17.9 Å². The number of carbonyl (C=O) groups is 3. The second-order valence-corrected chi connectivity index (χ2v) is 25.2. The summed E-state index contributed by atoms with van der Waals surface area (Å²) in [5.74, 6) is -0.829. The lowest BCUT2D eigenvalue weighted by Gasteiger charge is -2.18. The second kappa shape index (κ2) is 69.6. The van der Waals surface area contributed by atoms with Crippen LogP contribution < -0.4 is 0 Å². The minimum absolute atomic E-state index is 0.0640. The van der Waals surface area contributed by atoms with Crippen LogP contribution in [0.15, 0.2) is 12.2 Å². The maximum atomic E-state index is 13.0. The highest BCUT2D eigenvalue weighted by molar-refractivity contribution is 5.71. The molecule has 0 N–H and O–H groups in total. The topological polar surface area (TPSA) is 78.9 Å². The zero-order valence-electron chi connectivity index (χ0n) is 54.6. The quantitative estimate of drug-likeness (QED) is 0.0261. The molecule has 6 heteroatoms. The summed E-state index contributed by atoms with van der Waals surface area (Å²) in [5, 5.41) is 0. The monoisotopic (exact) mass is 1130 g/mol. The van der Waals surface area contributed by atoms with Crippen LogP contribution in [0.5, 0.6) is 0 Å². The lowest BCUT2D eigenvalue weighted by Crippen LogP contribution is -2.30. The molecular weight excluding hydrogens is 985 g/mol. The molecule has 0 aliphatic rings. The molecule has 474 valence electrons. The van der Waals surface area contributed by atoms with Crippen molar-refractivity contribution in [3.05, 3.63) is 12.2 Å². The van der Waals surface area contributed by atoms with E-state index in [1.165, 1.54) is 327 Å². The van der Waals surface area contributed by atoms with E-state index in [1.807, 2.05) is 0 Å². The Morgan fingerprint density at radius 3 is 0.625 bits per heavy atom. The van der Waals surface area contributed by atoms with Gasteiger partial charge in [0, 0.05) is 19.3 Å². The van der Waals surface area contributed by atoms with Gasteiger partial charge in [0.15, 0.2) is 6.10 Å². The molecule has 0 saturated carbocycles. The molecule has 0 aliphatic carbocycles. The van der Waals surface area contributed by atoms with Gasteiger partial charge in [-0.05, 0) is 44.9 Å². The van der Waals surface area contributed by atoms with Crippen LogP contribution in [0.3, 0.4) is 0 Å². The average Bonchev–Trinajstić information content (AvgIpc) is 3.46. The molecule has 0 fully saturated rings. The highest BCUT2D eigenvalue weighted by Crippen LogP contribution is 2.19. The highest BCUT2D eigenvalue weighted by atomic mass is 16.6. The van der Waals surface area contributed by atoms with Crippen molar-refractivity contribution in [2.75, 3.05) is 13.2 Å². The van der Waals surface area contributed by atoms with Gasteiger partial charge in [0.2, 0.25) is 0 Å². The number of hydrogen-bond acceptors (Lipinski definition) is 6. The third-order valence-corrected chi connectivity index (χ3v) is 17.0. The number of esters is 3. The summed E-state index contributed by atoms with van der Waals surface area (Å²) in [6.45, 7) is 6.74. The van der Waals surface area contributed by atoms with Crippen LogP contribution in [0.25, 0.3) is 0 Å². The van der Waals surface area contributed by atoms with Crippen LogP contribution in [0.2, 0.25) is 0 Å². The van der Waals surface area contributed by atoms with Crippen molar-refractivity contribution in [3.8, 4) is 0 Å². The smallest absolute Gasteiger partial charge is 0.306 e. The predicted octanol–water partition coefficient (Wildman–Crippen LogP) is 25.2. The first kappa shape index (κ1) is 78.1. The minimum atomic E-state index is -0.769. The van der Waals surface area contributed by atoms with Gasteiger partial charge in [0.05, 0.1) is 0 Å². The standard InChI is InChI=1S/C74H142O6/c1-4-7-10-13-16-19-22-25-28-31-33-35-36-37-39-40-43-46-49-52-55-58-61-64-67-73(76)79-70-71(69-78-72(75)66-63-60-57-54-51-48-45-42-30-27-24-21-18-15-12-9-6-3)80-74(77)68-65-62-59-56-53-50-47-44-41-38-34-32-29-26-23-20-17-14-11-8-5-2/h27,30,71H,4-26,28-29,31-70H2,1-3H3/b30-27-. The maximum Gasteiger partial charge on any atom is 0.306 e. The Balaban J connectivity index is 4.26. The van der Waals surface area contributed by atoms with Crippen LogP contribution in [-0.4, -0.2) is 37.2 Å². The fraction of sp³-hybridized carbons (Fsp3) is 0.932. The van der Waals surface area contributed by atoms with E-state index >= 15 is 0 Å². The van der Waals surface area contributed by atoms with E-state index in [9.17, 15) is 14.4 Å². The number of rotatable bonds is 69. The molecule has 1 atom stereocenters. The van der Waals surface area contributed by atoms with Crippen LogP contribution in [-0.2, 0) is 28.6 Å². The SMILES string of the molecule is CCCCCCCC/C=C\CCCCCCCCCC(=O)OCC(COC(=O)CCCCCCCCCCCCCCCCCCCCCCCCCC)OC(=O)CCCCCCCCCCCCCCCCCCCCCCC. The Morgan fingerprint density at radius 2 is 0.412 bits per heavy atom. The Hall–Kier alpha value is -1.85. The molecule has 6 nitrogen and oxygen atoms in total. The molecule has 0 heterocycles. The van der Waals surface area contributed by atoms with Crippen LogP contribution in [0, 0.1) is 0 Å². The molecule has 0 saturated heterocycles. The third kappa shape index (κ3) is 66.9. The fourth-order valence-corrected chi connectivity index (χ4v) is 11.5. The molecule has 0 aromatic rings. The van der Waals surface area contributed by atoms with Gasteiger partial charge in [0.25, 0.3) is 0 Å². The largest absolute Gasteiger partial charge is 0.462 e. The first-order valence-electron chi connectivity index (χ1n) is 36.7. The van der Waals surface area contributed by atoms with Crippen molar-refractivity contribution in [1.29, 1.82) is 0 Å². The minimum Gasteiger partial charge on any atom is -0.462 e. The predicted molar refractivity (Wildman–Crippen MR) is 349 cm³/mol. The number of unbranched alkanes of at least 4 members (excludes halogenated alkanes) is 56. The van der Waals surface area contributed by atoms with Gasteiger partial charge in [-0.2, -0.15) is 0 Å². The fourth-order valence-electron chi connectivity index (χ4n) is 11.5. The van der Waals surface area contributed by atoms with Crippen LogP contribution in [0.4, 0.5) is 0 Å². The van der Waals surface area contributed by atoms with Gasteiger partial charge in [-0.3, -0.25) is 14.4 Å². The molecular formula is C74H142O6. The molecule has 0 spiro atoms. The van der Waals surface area contributed by atoms with Crippen molar-refractivity contribution in [1.82, 2.24) is 0 Å². The van der Waals surface area contributed by atoms with E-state index in [-0.39, 0.29) is 31.1 Å². The number of ether oxygens (including phenoxy) is 3. The summed E-state index contributed by atoms with van der Waals surface area (Å²) < 4.78 is 17.0. The molecule has 0 aliphatic heterocycles. The Kier molecular flexibility index (Phi) is 68.0. The van der Waals surface area contributed by atoms with E-state index in [4.69, 9.17) is 14.2 Å². The Bertz CT molecular complexity index is 1250. The first-order valence-corrected chi connectivity index (χ1v) is 36.7. The third-order valence-electron chi connectivity index (χ3n) is 17.0. The van der Waals surface area contributed by atoms with Gasteiger partial charge in [0.1, 0.15) is 13.2 Å². The van der Waals surface area contributed by atoms with Crippen molar-refractivity contribution in [3.63, 3.8) is 0 Å². The normalized spacial score (nSPS) is 12.0. The summed E-state index contributed by atoms with van der Waals surface area (Å²) in [5.41, 5.74) is 0. The summed E-state index contributed by atoms with van der Waals surface area (Å²) in [6.07, 6.45) is 83.9. The molecule has 80 heavy (non-hydrogen) atoms. The first-order chi connectivity index (χ1) is 39.5. The van der Waals surface area contributed by atoms with Crippen molar-refractivity contribution < 1.29 is 28.6 Å². The highest BCUT2D eigenvalue weighted by Gasteiger charge is 2.20. The summed E-state index contributed by atoms with van der Waals surface area (Å²) in [6, 6.07) is 0. The Labute approximate surface area is 501 Å². The van der Waals surface area contributed by atoms with Gasteiger partial charge < -0.3 is 14.2 Å². The zero-order chi connectivity index (χ0) is 57.8. The van der Waals surface area contributed by atoms with Gasteiger partial charge >= 0.3 is 17.9 Å². The van der Waals surface area contributed by atoms with E-state index < -0.39 is 6.10 Å². The van der Waals surface area contributed by atoms with E-state index in [0.29, 0.717) is 19.3 Å². The van der Waals surface area contributed by atoms with Gasteiger partial charge in [-0.25, -0.2) is 0 Å². The molecule has 0 bridgehead atoms. The summed E-state index contributed by atoms with van der Waals surface area (Å²) in [4.78, 5) is 38.5. The molecule has 1 unspecified atom stereocenters. The van der Waals surface area contributed by atoms with Crippen LogP contribution >= 0.6 is 0 Å². The molecule has 0 radical (unpaired) electrons. The van der Waals surface area contributed by atoms with Gasteiger partial charge in [-0.15, -0.1) is 0 Å². The van der Waals surface area contributed by atoms with Crippen LogP contribution in [0.1, 0.15) is 425 Å². The molecule has 0 rings (SSSR count). The van der Waals surface area contributed by atoms with E-state index in [0.717, 1.165) is 57.8 Å². The number of hydrogen-bond donors (Lipinski definition) is 0. The zero-order valence-corrected chi connectivity index (χ0v) is 54.6. The van der Waals surface area contributed by atoms with E-state index in [2.05, 4.69) is 32.9 Å². The summed E-state index contributed by atoms with van der Waals surface area (Å²) >= 11 is 0. The van der Waals surface area contributed by atoms with Crippen molar-refractivity contribution in [2.45, 2.75) is 431 Å². The summed E-state index contributed by atoms with van der Waals surface area (Å²) in [7, 11) is 0. The number of carbonyl (C=O) groups excluding carboxylic acids is 3. The maximum absolute atomic E-state index is 13.0. The average molecular weight is 1130 g/mol. The lowest BCUT2D eigenvalue weighted by molar-refractivity contribution is -0.167. The molecule has 0 amide bonds. The molecule has 0 aromatic carbocycles. The van der Waals surface area contributed by atoms with Gasteiger partial charge in [-0.1, -0.05) is 373 Å². The van der Waals surface area contributed by atoms with Crippen molar-refractivity contribution in [2.24, 2.45) is 0 Å². The van der Waals surface area contributed by atoms with E-state index in [1.54, 1.807) is 0 Å². The molecule has 0 aromatic heterocycles. The second-order valence-electron chi connectivity index (χ2n) is 25.2.